The summed E-state index contributed by atoms with van der Waals surface area (Å²) in [4.78, 5) is 12.0. The van der Waals surface area contributed by atoms with Crippen LogP contribution in [0.25, 0.3) is 22.3 Å². The molecule has 0 fully saturated rings. The molecule has 1 nitrogen and oxygen atoms in total. The summed E-state index contributed by atoms with van der Waals surface area (Å²) in [5, 5.41) is 0. The molecule has 0 atom stereocenters. The van der Waals surface area contributed by atoms with Crippen molar-refractivity contribution in [3.8, 4) is 22.3 Å². The molecule has 114 valence electrons. The van der Waals surface area contributed by atoms with Crippen molar-refractivity contribution in [3.05, 3.63) is 82.6 Å². The smallest absolute Gasteiger partial charge is 0.160 e. The first kappa shape index (κ1) is 15.6. The highest BCUT2D eigenvalue weighted by atomic mass is 79.9. The van der Waals surface area contributed by atoms with E-state index in [1.165, 1.54) is 12.1 Å². The SMILES string of the molecule is CC(=O)c1cc(Br)ccc1-c1ccccc1-c1ccc(F)cc1. The standard InChI is InChI=1S/C20H14BrFO/c1-13(23)20-12-15(21)8-11-19(20)18-5-3-2-4-17(18)14-6-9-16(22)10-7-14/h2-12H,1H3. The van der Waals surface area contributed by atoms with Crippen molar-refractivity contribution in [2.45, 2.75) is 6.92 Å². The van der Waals surface area contributed by atoms with Crippen LogP contribution in [0.5, 0.6) is 0 Å². The molecule has 0 aliphatic heterocycles. The van der Waals surface area contributed by atoms with Gasteiger partial charge in [0.2, 0.25) is 0 Å². The summed E-state index contributed by atoms with van der Waals surface area (Å²) in [6.07, 6.45) is 0. The van der Waals surface area contributed by atoms with E-state index in [9.17, 15) is 9.18 Å². The number of benzene rings is 3. The van der Waals surface area contributed by atoms with Gasteiger partial charge >= 0.3 is 0 Å². The first-order valence-electron chi connectivity index (χ1n) is 7.22. The summed E-state index contributed by atoms with van der Waals surface area (Å²) in [5.74, 6) is -0.255. The van der Waals surface area contributed by atoms with Crippen molar-refractivity contribution in [1.82, 2.24) is 0 Å². The Hall–Kier alpha value is -2.26. The van der Waals surface area contributed by atoms with Crippen molar-refractivity contribution in [2.24, 2.45) is 0 Å². The molecule has 3 aromatic rings. The van der Waals surface area contributed by atoms with Crippen LogP contribution in [0.2, 0.25) is 0 Å². The highest BCUT2D eigenvalue weighted by Crippen LogP contribution is 2.35. The molecular weight excluding hydrogens is 355 g/mol. The van der Waals surface area contributed by atoms with Gasteiger partial charge in [0.1, 0.15) is 5.82 Å². The van der Waals surface area contributed by atoms with Crippen LogP contribution in [0, 0.1) is 5.82 Å². The molecule has 0 N–H and O–H groups in total. The monoisotopic (exact) mass is 368 g/mol. The number of hydrogen-bond donors (Lipinski definition) is 0. The van der Waals surface area contributed by atoms with Gasteiger partial charge in [0.15, 0.2) is 5.78 Å². The van der Waals surface area contributed by atoms with Gasteiger partial charge < -0.3 is 0 Å². The summed E-state index contributed by atoms with van der Waals surface area (Å²) in [5.41, 5.74) is 4.38. The molecule has 0 bridgehead atoms. The van der Waals surface area contributed by atoms with Gasteiger partial charge in [-0.05, 0) is 53.4 Å². The predicted molar refractivity (Wildman–Crippen MR) is 95.0 cm³/mol. The second-order valence-corrected chi connectivity index (χ2v) is 6.21. The Labute approximate surface area is 142 Å². The highest BCUT2D eigenvalue weighted by molar-refractivity contribution is 9.10. The minimum absolute atomic E-state index is 0.00945. The second kappa shape index (κ2) is 6.47. The molecular formula is C20H14BrFO. The minimum atomic E-state index is -0.265. The lowest BCUT2D eigenvalue weighted by Crippen LogP contribution is -1.97. The zero-order chi connectivity index (χ0) is 16.4. The largest absolute Gasteiger partial charge is 0.294 e. The fraction of sp³-hybridized carbons (Fsp3) is 0.0500. The lowest BCUT2D eigenvalue weighted by Gasteiger charge is -2.13. The average Bonchev–Trinajstić information content (AvgIpc) is 2.55. The Morgan fingerprint density at radius 3 is 2.17 bits per heavy atom. The van der Waals surface area contributed by atoms with Crippen molar-refractivity contribution >= 4 is 21.7 Å². The Morgan fingerprint density at radius 1 is 0.870 bits per heavy atom. The van der Waals surface area contributed by atoms with Gasteiger partial charge in [-0.25, -0.2) is 4.39 Å². The number of halogens is 2. The Bertz CT molecular complexity index is 869. The summed E-state index contributed by atoms with van der Waals surface area (Å²) in [6.45, 7) is 1.56. The molecule has 0 unspecified atom stereocenters. The Balaban J connectivity index is 2.23. The van der Waals surface area contributed by atoms with E-state index in [1.54, 1.807) is 19.1 Å². The van der Waals surface area contributed by atoms with E-state index in [-0.39, 0.29) is 11.6 Å². The van der Waals surface area contributed by atoms with Crippen LogP contribution in [0.15, 0.2) is 71.2 Å². The first-order chi connectivity index (χ1) is 11.1. The molecule has 0 amide bonds. The molecule has 3 aromatic carbocycles. The van der Waals surface area contributed by atoms with Gasteiger partial charge in [-0.3, -0.25) is 4.79 Å². The normalized spacial score (nSPS) is 10.6. The van der Waals surface area contributed by atoms with Crippen LogP contribution in [0.1, 0.15) is 17.3 Å². The van der Waals surface area contributed by atoms with E-state index < -0.39 is 0 Å². The molecule has 0 radical (unpaired) electrons. The van der Waals surface area contributed by atoms with Crippen molar-refractivity contribution in [2.75, 3.05) is 0 Å². The molecule has 0 aliphatic rings. The third kappa shape index (κ3) is 3.25. The third-order valence-corrected chi connectivity index (χ3v) is 4.23. The molecule has 0 saturated heterocycles. The fourth-order valence-corrected chi connectivity index (χ4v) is 3.00. The van der Waals surface area contributed by atoms with Crippen LogP contribution in [0.4, 0.5) is 4.39 Å². The van der Waals surface area contributed by atoms with Gasteiger partial charge in [0.25, 0.3) is 0 Å². The molecule has 0 aromatic heterocycles. The van der Waals surface area contributed by atoms with Gasteiger partial charge in [0.05, 0.1) is 0 Å². The number of Topliss-reactive ketones (excluding diaryl/α,β-unsaturated/α-hetero) is 1. The van der Waals surface area contributed by atoms with Crippen LogP contribution in [0.3, 0.4) is 0 Å². The van der Waals surface area contributed by atoms with Gasteiger partial charge in [-0.2, -0.15) is 0 Å². The molecule has 3 rings (SSSR count). The Kier molecular flexibility index (Phi) is 4.39. The highest BCUT2D eigenvalue weighted by Gasteiger charge is 2.14. The summed E-state index contributed by atoms with van der Waals surface area (Å²) >= 11 is 3.41. The quantitative estimate of drug-likeness (QED) is 0.508. The van der Waals surface area contributed by atoms with E-state index in [2.05, 4.69) is 15.9 Å². The minimum Gasteiger partial charge on any atom is -0.294 e. The number of carbonyl (C=O) groups excluding carboxylic acids is 1. The second-order valence-electron chi connectivity index (χ2n) is 5.30. The molecule has 0 saturated carbocycles. The van der Waals surface area contributed by atoms with E-state index in [0.29, 0.717) is 5.56 Å². The maximum absolute atomic E-state index is 13.2. The lowest BCUT2D eigenvalue weighted by atomic mass is 9.91. The predicted octanol–water partition coefficient (Wildman–Crippen LogP) is 6.12. The Morgan fingerprint density at radius 2 is 1.52 bits per heavy atom. The van der Waals surface area contributed by atoms with Gasteiger partial charge in [-0.15, -0.1) is 0 Å². The van der Waals surface area contributed by atoms with Crippen LogP contribution >= 0.6 is 15.9 Å². The van der Waals surface area contributed by atoms with Crippen LogP contribution in [-0.4, -0.2) is 5.78 Å². The first-order valence-corrected chi connectivity index (χ1v) is 8.01. The van der Waals surface area contributed by atoms with Crippen molar-refractivity contribution < 1.29 is 9.18 Å². The fourth-order valence-electron chi connectivity index (χ4n) is 2.64. The molecule has 3 heteroatoms. The average molecular weight is 369 g/mol. The molecule has 0 spiro atoms. The molecule has 23 heavy (non-hydrogen) atoms. The zero-order valence-electron chi connectivity index (χ0n) is 12.5. The number of hydrogen-bond acceptors (Lipinski definition) is 1. The molecule has 0 aliphatic carbocycles. The maximum Gasteiger partial charge on any atom is 0.160 e. The van der Waals surface area contributed by atoms with E-state index in [0.717, 1.165) is 26.7 Å². The number of carbonyl (C=O) groups is 1. The summed E-state index contributed by atoms with van der Waals surface area (Å²) < 4.78 is 14.1. The van der Waals surface area contributed by atoms with E-state index in [1.807, 2.05) is 42.5 Å². The van der Waals surface area contributed by atoms with Crippen molar-refractivity contribution in [3.63, 3.8) is 0 Å². The van der Waals surface area contributed by atoms with Crippen molar-refractivity contribution in [1.29, 1.82) is 0 Å². The van der Waals surface area contributed by atoms with Gasteiger partial charge in [0, 0.05) is 10.0 Å². The van der Waals surface area contributed by atoms with E-state index in [4.69, 9.17) is 0 Å². The van der Waals surface area contributed by atoms with E-state index >= 15 is 0 Å². The lowest BCUT2D eigenvalue weighted by molar-refractivity contribution is 0.101. The van der Waals surface area contributed by atoms with Crippen LogP contribution in [-0.2, 0) is 0 Å². The van der Waals surface area contributed by atoms with Gasteiger partial charge in [-0.1, -0.05) is 58.4 Å². The third-order valence-electron chi connectivity index (χ3n) is 3.73. The maximum atomic E-state index is 13.2. The summed E-state index contributed by atoms with van der Waals surface area (Å²) in [6, 6.07) is 19.9. The number of ketones is 1. The molecule has 0 heterocycles. The number of rotatable bonds is 3. The topological polar surface area (TPSA) is 17.1 Å². The zero-order valence-corrected chi connectivity index (χ0v) is 14.1. The van der Waals surface area contributed by atoms with Crippen LogP contribution < -0.4 is 0 Å². The summed E-state index contributed by atoms with van der Waals surface area (Å²) in [7, 11) is 0.